The maximum Gasteiger partial charge on any atom is 0.326 e. The van der Waals surface area contributed by atoms with Gasteiger partial charge in [0.25, 0.3) is 5.91 Å². The van der Waals surface area contributed by atoms with E-state index in [0.717, 1.165) is 29.5 Å². The normalized spacial score (nSPS) is 17.8. The van der Waals surface area contributed by atoms with Crippen LogP contribution in [0.4, 0.5) is 0 Å². The third-order valence-corrected chi connectivity index (χ3v) is 4.06. The maximum absolute atomic E-state index is 12.2. The van der Waals surface area contributed by atoms with Crippen LogP contribution in [0.5, 0.6) is 0 Å². The first-order valence-electron chi connectivity index (χ1n) is 8.58. The summed E-state index contributed by atoms with van der Waals surface area (Å²) in [6.45, 7) is 5.03. The predicted molar refractivity (Wildman–Crippen MR) is 96.3 cm³/mol. The fourth-order valence-electron chi connectivity index (χ4n) is 2.93. The van der Waals surface area contributed by atoms with Gasteiger partial charge >= 0.3 is 5.97 Å². The van der Waals surface area contributed by atoms with Gasteiger partial charge in [-0.3, -0.25) is 20.1 Å². The van der Waals surface area contributed by atoms with Crippen LogP contribution in [0.3, 0.4) is 0 Å². The van der Waals surface area contributed by atoms with Gasteiger partial charge in [-0.1, -0.05) is 18.2 Å². The number of hydrogen-bond acceptors (Lipinski definition) is 6. The molecule has 7 nitrogen and oxygen atoms in total. The highest BCUT2D eigenvalue weighted by atomic mass is 16.6. The molecule has 0 fully saturated rings. The topological polar surface area (TPSA) is 108 Å². The fourth-order valence-corrected chi connectivity index (χ4v) is 2.93. The molecule has 1 aromatic carbocycles. The van der Waals surface area contributed by atoms with E-state index in [0.29, 0.717) is 0 Å². The Morgan fingerprint density at radius 1 is 1.38 bits per heavy atom. The van der Waals surface area contributed by atoms with Crippen molar-refractivity contribution in [2.24, 2.45) is 0 Å². The lowest BCUT2D eigenvalue weighted by atomic mass is 10.0. The Morgan fingerprint density at radius 3 is 2.73 bits per heavy atom. The lowest BCUT2D eigenvalue weighted by Crippen LogP contribution is -2.44. The summed E-state index contributed by atoms with van der Waals surface area (Å²) < 4.78 is 5.34. The van der Waals surface area contributed by atoms with Crippen molar-refractivity contribution < 1.29 is 24.6 Å². The van der Waals surface area contributed by atoms with E-state index in [1.165, 1.54) is 6.08 Å². The number of aryl methyl sites for hydroxylation is 1. The van der Waals surface area contributed by atoms with Gasteiger partial charge in [0.05, 0.1) is 6.61 Å². The molecule has 1 unspecified atom stereocenters. The molecule has 0 saturated heterocycles. The quantitative estimate of drug-likeness (QED) is 0.264. The third-order valence-electron chi connectivity index (χ3n) is 4.06. The summed E-state index contributed by atoms with van der Waals surface area (Å²) in [5.41, 5.74) is 3.97. The first-order chi connectivity index (χ1) is 12.2. The van der Waals surface area contributed by atoms with Gasteiger partial charge in [-0.2, -0.15) is 0 Å². The van der Waals surface area contributed by atoms with Gasteiger partial charge < -0.3 is 9.84 Å². The van der Waals surface area contributed by atoms with Gasteiger partial charge in [-0.15, -0.1) is 0 Å². The van der Waals surface area contributed by atoms with Crippen molar-refractivity contribution in [1.82, 2.24) is 10.8 Å². The second-order valence-electron chi connectivity index (χ2n) is 7.29. The predicted octanol–water partition coefficient (Wildman–Crippen LogP) is 1.48. The SMILES string of the molecule is CC(C)(C)OC(=O)[C@H](CO)NC1CCc2cc(C=CC(=O)NO)ccc21. The largest absolute Gasteiger partial charge is 0.459 e. The molecule has 0 aromatic heterocycles. The van der Waals surface area contributed by atoms with Crippen LogP contribution in [0.1, 0.15) is 49.9 Å². The van der Waals surface area contributed by atoms with Crippen LogP contribution in [0.15, 0.2) is 24.3 Å². The van der Waals surface area contributed by atoms with Crippen LogP contribution >= 0.6 is 0 Å². The zero-order valence-corrected chi connectivity index (χ0v) is 15.3. The van der Waals surface area contributed by atoms with E-state index < -0.39 is 23.5 Å². The molecule has 1 amide bonds. The van der Waals surface area contributed by atoms with Gasteiger partial charge in [0.2, 0.25) is 0 Å². The molecule has 142 valence electrons. The minimum absolute atomic E-state index is 0.0477. The van der Waals surface area contributed by atoms with Crippen molar-refractivity contribution in [3.05, 3.63) is 41.0 Å². The Balaban J connectivity index is 2.07. The molecular weight excluding hydrogens is 336 g/mol. The van der Waals surface area contributed by atoms with Crippen LogP contribution in [-0.4, -0.2) is 40.4 Å². The van der Waals surface area contributed by atoms with Gasteiger partial charge in [-0.05, 0) is 56.4 Å². The molecule has 0 spiro atoms. The van der Waals surface area contributed by atoms with Crippen LogP contribution in [0.25, 0.3) is 6.08 Å². The molecule has 1 aliphatic rings. The van der Waals surface area contributed by atoms with E-state index in [4.69, 9.17) is 9.94 Å². The van der Waals surface area contributed by atoms with Crippen molar-refractivity contribution >= 4 is 18.0 Å². The average molecular weight is 362 g/mol. The molecule has 0 bridgehead atoms. The molecule has 0 radical (unpaired) electrons. The minimum Gasteiger partial charge on any atom is -0.459 e. The fraction of sp³-hybridized carbons (Fsp3) is 0.474. The Morgan fingerprint density at radius 2 is 2.12 bits per heavy atom. The molecule has 0 aliphatic heterocycles. The van der Waals surface area contributed by atoms with Crippen molar-refractivity contribution in [1.29, 1.82) is 0 Å². The summed E-state index contributed by atoms with van der Waals surface area (Å²) in [7, 11) is 0. The molecule has 1 aromatic rings. The van der Waals surface area contributed by atoms with Gasteiger partial charge in [-0.25, -0.2) is 5.48 Å². The number of benzene rings is 1. The standard InChI is InChI=1S/C19H26N2O5/c1-19(2,3)26-18(24)16(11-22)20-15-8-6-13-10-12(4-7-14(13)15)5-9-17(23)21-25/h4-5,7,9-10,15-16,20,22,25H,6,8,11H2,1-3H3,(H,21,23)/t15?,16-/m0/s1. The van der Waals surface area contributed by atoms with E-state index in [9.17, 15) is 14.7 Å². The van der Waals surface area contributed by atoms with E-state index in [-0.39, 0.29) is 12.6 Å². The Kier molecular flexibility index (Phi) is 6.52. The number of carbonyl (C=O) groups excluding carboxylic acids is 2. The third kappa shape index (κ3) is 5.39. The summed E-state index contributed by atoms with van der Waals surface area (Å²) >= 11 is 0. The summed E-state index contributed by atoms with van der Waals surface area (Å²) in [6.07, 6.45) is 4.49. The minimum atomic E-state index is -0.780. The van der Waals surface area contributed by atoms with Crippen LogP contribution in [0.2, 0.25) is 0 Å². The number of hydroxylamine groups is 1. The molecule has 1 aliphatic carbocycles. The number of esters is 1. The second kappa shape index (κ2) is 8.44. The average Bonchev–Trinajstić information content (AvgIpc) is 2.97. The molecule has 4 N–H and O–H groups in total. The first kappa shape index (κ1) is 20.1. The highest BCUT2D eigenvalue weighted by Gasteiger charge is 2.30. The summed E-state index contributed by atoms with van der Waals surface area (Å²) in [5, 5.41) is 21.3. The Hall–Kier alpha value is -2.22. The molecular formula is C19H26N2O5. The Labute approximate surface area is 153 Å². The number of aliphatic hydroxyl groups is 1. The maximum atomic E-state index is 12.2. The number of ether oxygens (including phenoxy) is 1. The van der Waals surface area contributed by atoms with Gasteiger partial charge in [0.1, 0.15) is 11.6 Å². The van der Waals surface area contributed by atoms with Crippen LogP contribution in [-0.2, 0) is 20.7 Å². The monoisotopic (exact) mass is 362 g/mol. The number of rotatable bonds is 6. The molecule has 0 heterocycles. The highest BCUT2D eigenvalue weighted by molar-refractivity contribution is 5.90. The zero-order valence-electron chi connectivity index (χ0n) is 15.3. The molecule has 26 heavy (non-hydrogen) atoms. The van der Waals surface area contributed by atoms with E-state index in [2.05, 4.69) is 5.32 Å². The lowest BCUT2D eigenvalue weighted by molar-refractivity contribution is -0.158. The lowest BCUT2D eigenvalue weighted by Gasteiger charge is -2.26. The van der Waals surface area contributed by atoms with E-state index in [1.54, 1.807) is 32.3 Å². The Bertz CT molecular complexity index is 694. The van der Waals surface area contributed by atoms with Gasteiger partial charge in [0, 0.05) is 12.1 Å². The summed E-state index contributed by atoms with van der Waals surface area (Å²) in [6, 6.07) is 4.95. The van der Waals surface area contributed by atoms with Crippen LogP contribution < -0.4 is 10.8 Å². The second-order valence-corrected chi connectivity index (χ2v) is 7.29. The summed E-state index contributed by atoms with van der Waals surface area (Å²) in [4.78, 5) is 23.3. The number of aliphatic hydroxyl groups excluding tert-OH is 1. The zero-order chi connectivity index (χ0) is 19.3. The molecule has 2 rings (SSSR count). The van der Waals surface area contributed by atoms with Crippen LogP contribution in [0, 0.1) is 0 Å². The molecule has 2 atom stereocenters. The highest BCUT2D eigenvalue weighted by Crippen LogP contribution is 2.32. The molecule has 7 heteroatoms. The van der Waals surface area contributed by atoms with Gasteiger partial charge in [0.15, 0.2) is 0 Å². The first-order valence-corrected chi connectivity index (χ1v) is 8.58. The van der Waals surface area contributed by atoms with Crippen molar-refractivity contribution in [2.75, 3.05) is 6.61 Å². The van der Waals surface area contributed by atoms with Crippen molar-refractivity contribution in [3.63, 3.8) is 0 Å². The van der Waals surface area contributed by atoms with Crippen molar-refractivity contribution in [3.8, 4) is 0 Å². The van der Waals surface area contributed by atoms with Crippen molar-refractivity contribution in [2.45, 2.75) is 51.3 Å². The molecule has 0 saturated carbocycles. The van der Waals surface area contributed by atoms with E-state index >= 15 is 0 Å². The number of amides is 1. The number of hydrogen-bond donors (Lipinski definition) is 4. The smallest absolute Gasteiger partial charge is 0.326 e. The number of nitrogens with one attached hydrogen (secondary N) is 2. The number of fused-ring (bicyclic) bond motifs is 1. The number of carbonyl (C=O) groups is 2. The van der Waals surface area contributed by atoms with E-state index in [1.807, 2.05) is 18.2 Å². The summed E-state index contributed by atoms with van der Waals surface area (Å²) in [5.74, 6) is -1.06.